The van der Waals surface area contributed by atoms with Crippen LogP contribution in [0.15, 0.2) is 24.4 Å². The zero-order valence-electron chi connectivity index (χ0n) is 15.8. The first-order valence-corrected chi connectivity index (χ1v) is 9.81. The van der Waals surface area contributed by atoms with Gasteiger partial charge in [0.15, 0.2) is 0 Å². The highest BCUT2D eigenvalue weighted by molar-refractivity contribution is 7.14. The van der Waals surface area contributed by atoms with Crippen LogP contribution in [0.4, 0.5) is 11.5 Å². The molecule has 5 N–H and O–H groups in total. The molecular weight excluding hydrogens is 378 g/mol. The lowest BCUT2D eigenvalue weighted by Gasteiger charge is -2.37. The zero-order chi connectivity index (χ0) is 20.4. The van der Waals surface area contributed by atoms with Crippen LogP contribution in [0, 0.1) is 12.8 Å². The van der Waals surface area contributed by atoms with Gasteiger partial charge in [-0.3, -0.25) is 14.4 Å². The van der Waals surface area contributed by atoms with Gasteiger partial charge in [0.05, 0.1) is 22.8 Å². The van der Waals surface area contributed by atoms with Crippen LogP contribution in [0.25, 0.3) is 0 Å². The van der Waals surface area contributed by atoms with Crippen LogP contribution >= 0.6 is 11.3 Å². The third kappa shape index (κ3) is 4.14. The molecule has 0 aromatic carbocycles. The Labute approximate surface area is 166 Å². The van der Waals surface area contributed by atoms with Gasteiger partial charge >= 0.3 is 11.8 Å². The second-order valence-electron chi connectivity index (χ2n) is 7.10. The Morgan fingerprint density at radius 1 is 1.29 bits per heavy atom. The van der Waals surface area contributed by atoms with Crippen LogP contribution in [0.3, 0.4) is 0 Å². The summed E-state index contributed by atoms with van der Waals surface area (Å²) in [5, 5.41) is 2.60. The van der Waals surface area contributed by atoms with Crippen LogP contribution in [-0.4, -0.2) is 34.2 Å². The quantitative estimate of drug-likeness (QED) is 0.678. The second kappa shape index (κ2) is 7.97. The maximum absolute atomic E-state index is 12.9. The van der Waals surface area contributed by atoms with E-state index in [1.54, 1.807) is 30.0 Å². The van der Waals surface area contributed by atoms with E-state index in [-0.39, 0.29) is 12.0 Å². The van der Waals surface area contributed by atoms with E-state index < -0.39 is 17.7 Å². The lowest BCUT2D eigenvalue weighted by molar-refractivity contribution is -0.146. The number of hydrogen-bond acceptors (Lipinski definition) is 6. The van der Waals surface area contributed by atoms with Crippen LogP contribution in [0.1, 0.15) is 45.9 Å². The van der Waals surface area contributed by atoms with Crippen LogP contribution < -0.4 is 16.8 Å². The van der Waals surface area contributed by atoms with E-state index in [2.05, 4.69) is 10.3 Å². The number of nitrogens with one attached hydrogen (secondary N) is 1. The highest BCUT2D eigenvalue weighted by Gasteiger charge is 2.35. The van der Waals surface area contributed by atoms with Crippen LogP contribution in [-0.2, 0) is 9.59 Å². The standard InChI is InChI=1S/C19H23N5O3S/c1-10-3-4-13(14-5-6-15(28-14)17(21)25)24(9-10)19(27)18(26)23-12-7-11(2)16(20)22-8-12/h5-8,10,13H,3-4,9H2,1-2H3,(H2,20,22)(H2,21,25)(H,23,26)/t10-,13?/m0/s1. The van der Waals surface area contributed by atoms with E-state index in [0.29, 0.717) is 28.5 Å². The summed E-state index contributed by atoms with van der Waals surface area (Å²) in [6.45, 7) is 4.29. The number of likely N-dealkylation sites (tertiary alicyclic amines) is 1. The summed E-state index contributed by atoms with van der Waals surface area (Å²) in [4.78, 5) is 43.7. The molecule has 1 unspecified atom stereocenters. The number of nitrogen functional groups attached to an aromatic ring is 1. The van der Waals surface area contributed by atoms with E-state index in [1.165, 1.54) is 17.5 Å². The summed E-state index contributed by atoms with van der Waals surface area (Å²) < 4.78 is 0. The molecule has 1 aliphatic heterocycles. The number of hydrogen-bond donors (Lipinski definition) is 3. The Hall–Kier alpha value is -2.94. The number of anilines is 2. The summed E-state index contributed by atoms with van der Waals surface area (Å²) in [6.07, 6.45) is 3.07. The topological polar surface area (TPSA) is 131 Å². The SMILES string of the molecule is Cc1cc(NC(=O)C(=O)N2C[C@@H](C)CCC2c2ccc(C(N)=O)s2)cnc1N. The van der Waals surface area contributed by atoms with Crippen molar-refractivity contribution in [3.8, 4) is 0 Å². The van der Waals surface area contributed by atoms with Gasteiger partial charge in [0.1, 0.15) is 5.82 Å². The molecule has 1 aliphatic rings. The number of amides is 3. The monoisotopic (exact) mass is 401 g/mol. The number of primary amides is 1. The molecule has 2 atom stereocenters. The number of pyridine rings is 1. The maximum Gasteiger partial charge on any atom is 0.313 e. The van der Waals surface area contributed by atoms with Gasteiger partial charge in [-0.15, -0.1) is 11.3 Å². The van der Waals surface area contributed by atoms with Crippen molar-refractivity contribution in [3.05, 3.63) is 39.7 Å². The zero-order valence-corrected chi connectivity index (χ0v) is 16.6. The Morgan fingerprint density at radius 3 is 2.68 bits per heavy atom. The first-order valence-electron chi connectivity index (χ1n) is 9.00. The highest BCUT2D eigenvalue weighted by atomic mass is 32.1. The van der Waals surface area contributed by atoms with Crippen molar-refractivity contribution in [2.75, 3.05) is 17.6 Å². The molecule has 0 aliphatic carbocycles. The molecule has 3 rings (SSSR count). The van der Waals surface area contributed by atoms with Crippen molar-refractivity contribution in [1.29, 1.82) is 0 Å². The number of carbonyl (C=O) groups excluding carboxylic acids is 3. The molecule has 0 saturated carbocycles. The molecule has 0 radical (unpaired) electrons. The van der Waals surface area contributed by atoms with E-state index in [4.69, 9.17) is 11.5 Å². The van der Waals surface area contributed by atoms with Gasteiger partial charge in [-0.1, -0.05) is 6.92 Å². The molecule has 1 saturated heterocycles. The van der Waals surface area contributed by atoms with Crippen molar-refractivity contribution in [1.82, 2.24) is 9.88 Å². The second-order valence-corrected chi connectivity index (χ2v) is 8.22. The minimum Gasteiger partial charge on any atom is -0.383 e. The predicted molar refractivity (Wildman–Crippen MR) is 108 cm³/mol. The fourth-order valence-electron chi connectivity index (χ4n) is 3.31. The van der Waals surface area contributed by atoms with Crippen molar-refractivity contribution in [2.24, 2.45) is 11.7 Å². The Morgan fingerprint density at radius 2 is 2.04 bits per heavy atom. The Balaban J connectivity index is 1.79. The maximum atomic E-state index is 12.9. The summed E-state index contributed by atoms with van der Waals surface area (Å²) in [7, 11) is 0. The summed E-state index contributed by atoms with van der Waals surface area (Å²) in [5.74, 6) is -1.18. The molecule has 0 bridgehead atoms. The average molecular weight is 401 g/mol. The molecule has 2 aromatic rings. The van der Waals surface area contributed by atoms with Gasteiger partial charge in [-0.2, -0.15) is 0 Å². The molecule has 1 fully saturated rings. The Bertz CT molecular complexity index is 926. The number of rotatable bonds is 3. The van der Waals surface area contributed by atoms with Crippen molar-refractivity contribution in [3.63, 3.8) is 0 Å². The average Bonchev–Trinajstić information content (AvgIpc) is 3.14. The van der Waals surface area contributed by atoms with Gasteiger partial charge < -0.3 is 21.7 Å². The Kier molecular flexibility index (Phi) is 5.64. The molecule has 8 nitrogen and oxygen atoms in total. The summed E-state index contributed by atoms with van der Waals surface area (Å²) >= 11 is 1.27. The number of nitrogens with two attached hydrogens (primary N) is 2. The van der Waals surface area contributed by atoms with Crippen LogP contribution in [0.2, 0.25) is 0 Å². The van der Waals surface area contributed by atoms with Crippen LogP contribution in [0.5, 0.6) is 0 Å². The first kappa shape index (κ1) is 19.8. The molecule has 3 heterocycles. The smallest absolute Gasteiger partial charge is 0.313 e. The largest absolute Gasteiger partial charge is 0.383 e. The molecule has 2 aromatic heterocycles. The van der Waals surface area contributed by atoms with Gasteiger partial charge in [0.2, 0.25) is 0 Å². The van der Waals surface area contributed by atoms with Gasteiger partial charge in [-0.05, 0) is 49.4 Å². The number of aryl methyl sites for hydroxylation is 1. The number of thiophene rings is 1. The number of aromatic nitrogens is 1. The molecule has 9 heteroatoms. The molecule has 3 amide bonds. The molecule has 28 heavy (non-hydrogen) atoms. The highest BCUT2D eigenvalue weighted by Crippen LogP contribution is 2.36. The van der Waals surface area contributed by atoms with Crippen molar-refractivity contribution >= 4 is 40.6 Å². The number of nitrogens with zero attached hydrogens (tertiary/aromatic N) is 2. The minimum absolute atomic E-state index is 0.251. The van der Waals surface area contributed by atoms with Crippen molar-refractivity contribution in [2.45, 2.75) is 32.7 Å². The molecule has 148 valence electrons. The summed E-state index contributed by atoms with van der Waals surface area (Å²) in [6, 6.07) is 4.88. The van der Waals surface area contributed by atoms with Crippen molar-refractivity contribution < 1.29 is 14.4 Å². The van der Waals surface area contributed by atoms with Gasteiger partial charge in [0, 0.05) is 11.4 Å². The van der Waals surface area contributed by atoms with Gasteiger partial charge in [-0.25, -0.2) is 4.98 Å². The number of piperidine rings is 1. The normalized spacial score (nSPS) is 19.3. The number of carbonyl (C=O) groups is 3. The predicted octanol–water partition coefficient (Wildman–Crippen LogP) is 2.07. The molecule has 0 spiro atoms. The fraction of sp³-hybridized carbons (Fsp3) is 0.368. The lowest BCUT2D eigenvalue weighted by Crippen LogP contribution is -2.46. The summed E-state index contributed by atoms with van der Waals surface area (Å²) in [5.41, 5.74) is 12.2. The third-order valence-corrected chi connectivity index (χ3v) is 6.05. The molecular formula is C19H23N5O3S. The minimum atomic E-state index is -0.725. The van der Waals surface area contributed by atoms with E-state index in [0.717, 1.165) is 17.7 Å². The van der Waals surface area contributed by atoms with E-state index in [9.17, 15) is 14.4 Å². The fourth-order valence-corrected chi connectivity index (χ4v) is 4.31. The lowest BCUT2D eigenvalue weighted by atomic mass is 9.93. The first-order chi connectivity index (χ1) is 13.3. The third-order valence-electron chi connectivity index (χ3n) is 4.85. The van der Waals surface area contributed by atoms with E-state index >= 15 is 0 Å². The van der Waals surface area contributed by atoms with Gasteiger partial charge in [0.25, 0.3) is 5.91 Å². The van der Waals surface area contributed by atoms with E-state index in [1.807, 2.05) is 6.92 Å².